The summed E-state index contributed by atoms with van der Waals surface area (Å²) in [6.07, 6.45) is 5.24. The van der Waals surface area contributed by atoms with E-state index >= 15 is 0 Å². The van der Waals surface area contributed by atoms with Crippen molar-refractivity contribution < 1.29 is 4.74 Å². The fraction of sp³-hybridized carbons (Fsp3) is 1.00. The van der Waals surface area contributed by atoms with E-state index in [-0.39, 0.29) is 5.60 Å². The van der Waals surface area contributed by atoms with Gasteiger partial charge < -0.3 is 10.1 Å². The summed E-state index contributed by atoms with van der Waals surface area (Å²) in [7, 11) is 0. The summed E-state index contributed by atoms with van der Waals surface area (Å²) in [4.78, 5) is 2.73. The molecule has 2 rings (SSSR count). The van der Waals surface area contributed by atoms with E-state index in [0.717, 1.165) is 25.6 Å². The van der Waals surface area contributed by atoms with Crippen molar-refractivity contribution in [3.63, 3.8) is 0 Å². The topological polar surface area (TPSA) is 24.5 Å². The number of rotatable bonds is 6. The molecule has 21 heavy (non-hydrogen) atoms. The van der Waals surface area contributed by atoms with Crippen molar-refractivity contribution in [1.82, 2.24) is 10.2 Å². The maximum absolute atomic E-state index is 6.00. The van der Waals surface area contributed by atoms with Gasteiger partial charge in [-0.3, -0.25) is 4.90 Å². The van der Waals surface area contributed by atoms with Gasteiger partial charge in [0.15, 0.2) is 0 Å². The Morgan fingerprint density at radius 1 is 1.19 bits per heavy atom. The molecule has 1 aliphatic heterocycles. The highest BCUT2D eigenvalue weighted by molar-refractivity contribution is 5.08. The first-order valence-electron chi connectivity index (χ1n) is 8.89. The fourth-order valence-electron chi connectivity index (χ4n) is 3.82. The van der Waals surface area contributed by atoms with E-state index < -0.39 is 0 Å². The van der Waals surface area contributed by atoms with Crippen LogP contribution in [0.5, 0.6) is 0 Å². The Kier molecular flexibility index (Phi) is 5.07. The van der Waals surface area contributed by atoms with E-state index in [0.29, 0.717) is 11.1 Å². The van der Waals surface area contributed by atoms with Gasteiger partial charge in [-0.25, -0.2) is 0 Å². The maximum Gasteiger partial charge on any atom is 0.0600 e. The van der Waals surface area contributed by atoms with Crippen LogP contribution >= 0.6 is 0 Å². The average molecular weight is 296 g/mol. The predicted octanol–water partition coefficient (Wildman–Crippen LogP) is 3.43. The van der Waals surface area contributed by atoms with Gasteiger partial charge in [0.25, 0.3) is 0 Å². The Bertz CT molecular complexity index is 342. The van der Waals surface area contributed by atoms with Crippen LogP contribution in [0.4, 0.5) is 0 Å². The van der Waals surface area contributed by atoms with Crippen LogP contribution < -0.4 is 5.32 Å². The second-order valence-corrected chi connectivity index (χ2v) is 8.36. The van der Waals surface area contributed by atoms with Crippen LogP contribution in [0.15, 0.2) is 0 Å². The second-order valence-electron chi connectivity index (χ2n) is 8.36. The summed E-state index contributed by atoms with van der Waals surface area (Å²) >= 11 is 0. The van der Waals surface area contributed by atoms with E-state index in [4.69, 9.17) is 4.74 Å². The molecule has 2 aliphatic rings. The predicted molar refractivity (Wildman–Crippen MR) is 89.7 cm³/mol. The largest absolute Gasteiger partial charge is 0.375 e. The fourth-order valence-corrected chi connectivity index (χ4v) is 3.82. The normalized spacial score (nSPS) is 30.6. The Morgan fingerprint density at radius 3 is 2.29 bits per heavy atom. The number of nitrogens with zero attached hydrogens (tertiary/aromatic N) is 1. The molecule has 124 valence electrons. The van der Waals surface area contributed by atoms with E-state index in [2.05, 4.69) is 51.8 Å². The standard InChI is InChI=1S/C18H36N2O/c1-7-18(8-2)13-19-17(6,15-9-10-15)14-20(18)11-12-21-16(3,4)5/h15,19H,7-14H2,1-6H3. The summed E-state index contributed by atoms with van der Waals surface area (Å²) in [6, 6.07) is 0. The summed E-state index contributed by atoms with van der Waals surface area (Å²) in [5, 5.41) is 3.90. The molecule has 3 heteroatoms. The Hall–Kier alpha value is -0.120. The lowest BCUT2D eigenvalue weighted by Gasteiger charge is -2.54. The van der Waals surface area contributed by atoms with Crippen molar-refractivity contribution in [2.45, 2.75) is 83.9 Å². The van der Waals surface area contributed by atoms with Gasteiger partial charge in [0.1, 0.15) is 0 Å². The van der Waals surface area contributed by atoms with Crippen LogP contribution in [0.2, 0.25) is 0 Å². The molecule has 0 aromatic heterocycles. The van der Waals surface area contributed by atoms with Crippen molar-refractivity contribution in [3.05, 3.63) is 0 Å². The van der Waals surface area contributed by atoms with E-state index in [1.165, 1.54) is 32.2 Å². The van der Waals surface area contributed by atoms with Gasteiger partial charge in [-0.1, -0.05) is 13.8 Å². The van der Waals surface area contributed by atoms with Crippen LogP contribution in [0.1, 0.15) is 67.2 Å². The van der Waals surface area contributed by atoms with E-state index in [1.54, 1.807) is 0 Å². The third-order valence-electron chi connectivity index (χ3n) is 5.70. The van der Waals surface area contributed by atoms with Crippen LogP contribution in [-0.4, -0.2) is 47.8 Å². The minimum absolute atomic E-state index is 0.0328. The van der Waals surface area contributed by atoms with Crippen LogP contribution in [0.3, 0.4) is 0 Å². The Labute approximate surface area is 131 Å². The number of hydrogen-bond donors (Lipinski definition) is 1. The van der Waals surface area contributed by atoms with Crippen LogP contribution in [0, 0.1) is 5.92 Å². The van der Waals surface area contributed by atoms with Crippen molar-refractivity contribution in [1.29, 1.82) is 0 Å². The molecule has 0 bridgehead atoms. The van der Waals surface area contributed by atoms with Gasteiger partial charge in [0.2, 0.25) is 0 Å². The molecular weight excluding hydrogens is 260 g/mol. The van der Waals surface area contributed by atoms with Gasteiger partial charge in [0, 0.05) is 30.7 Å². The molecule has 1 heterocycles. The SMILES string of the molecule is CCC1(CC)CNC(C)(C2CC2)CN1CCOC(C)(C)C. The summed E-state index contributed by atoms with van der Waals surface area (Å²) in [5.74, 6) is 0.884. The van der Waals surface area contributed by atoms with E-state index in [1.807, 2.05) is 0 Å². The number of hydrogen-bond acceptors (Lipinski definition) is 3. The molecule has 1 unspecified atom stereocenters. The van der Waals surface area contributed by atoms with Crippen molar-refractivity contribution in [2.24, 2.45) is 5.92 Å². The van der Waals surface area contributed by atoms with E-state index in [9.17, 15) is 0 Å². The average Bonchev–Trinajstić information content (AvgIpc) is 3.23. The molecule has 1 N–H and O–H groups in total. The molecule has 1 aliphatic carbocycles. The van der Waals surface area contributed by atoms with Gasteiger partial charge in [-0.05, 0) is 59.3 Å². The number of ether oxygens (including phenoxy) is 1. The minimum atomic E-state index is -0.0328. The minimum Gasteiger partial charge on any atom is -0.375 e. The Morgan fingerprint density at radius 2 is 1.81 bits per heavy atom. The first kappa shape index (κ1) is 17.2. The smallest absolute Gasteiger partial charge is 0.0600 e. The summed E-state index contributed by atoms with van der Waals surface area (Å²) < 4.78 is 6.00. The molecule has 0 spiro atoms. The molecule has 1 saturated heterocycles. The molecule has 1 atom stereocenters. The summed E-state index contributed by atoms with van der Waals surface area (Å²) in [6.45, 7) is 17.7. The lowest BCUT2D eigenvalue weighted by atomic mass is 9.81. The highest BCUT2D eigenvalue weighted by Crippen LogP contribution is 2.43. The highest BCUT2D eigenvalue weighted by Gasteiger charge is 2.49. The summed E-state index contributed by atoms with van der Waals surface area (Å²) in [5.41, 5.74) is 0.597. The second kappa shape index (κ2) is 6.17. The first-order chi connectivity index (χ1) is 9.75. The Balaban J connectivity index is 2.02. The monoisotopic (exact) mass is 296 g/mol. The molecular formula is C18H36N2O. The number of nitrogens with one attached hydrogen (secondary N) is 1. The molecule has 3 nitrogen and oxygen atoms in total. The van der Waals surface area contributed by atoms with Gasteiger partial charge in [0.05, 0.1) is 12.2 Å². The van der Waals surface area contributed by atoms with Crippen molar-refractivity contribution in [2.75, 3.05) is 26.2 Å². The zero-order valence-electron chi connectivity index (χ0n) is 15.1. The number of piperazine rings is 1. The van der Waals surface area contributed by atoms with Gasteiger partial charge in [-0.15, -0.1) is 0 Å². The molecule has 0 radical (unpaired) electrons. The van der Waals surface area contributed by atoms with Gasteiger partial charge >= 0.3 is 0 Å². The van der Waals surface area contributed by atoms with Crippen LogP contribution in [0.25, 0.3) is 0 Å². The molecule has 0 aromatic carbocycles. The van der Waals surface area contributed by atoms with Gasteiger partial charge in [-0.2, -0.15) is 0 Å². The third-order valence-corrected chi connectivity index (χ3v) is 5.70. The molecule has 0 aromatic rings. The lowest BCUT2D eigenvalue weighted by Crippen LogP contribution is -2.70. The zero-order valence-corrected chi connectivity index (χ0v) is 15.1. The van der Waals surface area contributed by atoms with Crippen LogP contribution in [-0.2, 0) is 4.74 Å². The van der Waals surface area contributed by atoms with Crippen molar-refractivity contribution >= 4 is 0 Å². The first-order valence-corrected chi connectivity index (χ1v) is 8.89. The highest BCUT2D eigenvalue weighted by atomic mass is 16.5. The third kappa shape index (κ3) is 4.00. The molecule has 1 saturated carbocycles. The van der Waals surface area contributed by atoms with Crippen molar-refractivity contribution in [3.8, 4) is 0 Å². The quantitative estimate of drug-likeness (QED) is 0.812. The molecule has 2 fully saturated rings. The zero-order chi connectivity index (χ0) is 15.7. The maximum atomic E-state index is 6.00. The molecule has 0 amide bonds. The lowest BCUT2D eigenvalue weighted by molar-refractivity contribution is -0.0538.